The van der Waals surface area contributed by atoms with Crippen LogP contribution in [0.25, 0.3) is 32.9 Å². The van der Waals surface area contributed by atoms with Gasteiger partial charge in [-0.25, -0.2) is 17.2 Å². The number of carbonyl (C=O) groups excluding carboxylic acids is 1. The lowest BCUT2D eigenvalue weighted by Gasteiger charge is -2.41. The van der Waals surface area contributed by atoms with Crippen LogP contribution in [0.15, 0.2) is 54.7 Å². The first-order chi connectivity index (χ1) is 26.5. The number of aromatic nitrogens is 3. The van der Waals surface area contributed by atoms with E-state index in [1.807, 2.05) is 34.1 Å². The molecule has 6 heterocycles. The van der Waals surface area contributed by atoms with Crippen molar-refractivity contribution in [3.05, 3.63) is 65.6 Å². The second-order valence-corrected chi connectivity index (χ2v) is 17.6. The summed E-state index contributed by atoms with van der Waals surface area (Å²) in [5, 5.41) is 12.1. The summed E-state index contributed by atoms with van der Waals surface area (Å²) in [5.41, 5.74) is 0.0792. The number of ether oxygens (including phenoxy) is 1. The largest absolute Gasteiger partial charge is 0.461 e. The zero-order valence-corrected chi connectivity index (χ0v) is 31.8. The summed E-state index contributed by atoms with van der Waals surface area (Å²) >= 11 is 6.63. The Morgan fingerprint density at radius 2 is 1.89 bits per heavy atom. The summed E-state index contributed by atoms with van der Waals surface area (Å²) < 4.78 is 61.4. The zero-order chi connectivity index (χ0) is 38.3. The van der Waals surface area contributed by atoms with Crippen LogP contribution in [-0.2, 0) is 14.6 Å². The number of fused-ring (bicyclic) bond motifs is 3. The zero-order valence-electron chi connectivity index (χ0n) is 30.2. The maximum atomic E-state index is 16.9. The second-order valence-electron chi connectivity index (χ2n) is 14.9. The SMILES string of the molecule is N#CC[C@H]1CN(c2nc(OC[C@@]34CCCN3C[C@H](F)C4)nc3c(F)c(-c4cccc5cccc(Cl)c45)ncc23)CCN1C(=O)/C=C/CN1CCS(=O)(=O)CC1. The predicted octanol–water partition coefficient (Wildman–Crippen LogP) is 4.81. The van der Waals surface area contributed by atoms with Crippen LogP contribution in [0.2, 0.25) is 5.02 Å². The van der Waals surface area contributed by atoms with E-state index in [0.717, 1.165) is 24.8 Å². The number of anilines is 1. The number of benzene rings is 2. The molecule has 1 amide bonds. The average molecular weight is 791 g/mol. The van der Waals surface area contributed by atoms with E-state index in [4.69, 9.17) is 21.3 Å². The number of piperazine rings is 1. The summed E-state index contributed by atoms with van der Waals surface area (Å²) in [6, 6.07) is 12.6. The lowest BCUT2D eigenvalue weighted by atomic mass is 9.95. The molecule has 0 aliphatic carbocycles. The highest BCUT2D eigenvalue weighted by Gasteiger charge is 2.49. The molecule has 0 spiro atoms. The smallest absolute Gasteiger partial charge is 0.319 e. The van der Waals surface area contributed by atoms with Gasteiger partial charge < -0.3 is 14.5 Å². The lowest BCUT2D eigenvalue weighted by Crippen LogP contribution is -2.55. The molecule has 55 heavy (non-hydrogen) atoms. The van der Waals surface area contributed by atoms with Gasteiger partial charge >= 0.3 is 6.01 Å². The molecule has 12 nitrogen and oxygen atoms in total. The minimum Gasteiger partial charge on any atom is -0.461 e. The van der Waals surface area contributed by atoms with Gasteiger partial charge in [0.1, 0.15) is 29.8 Å². The van der Waals surface area contributed by atoms with Gasteiger partial charge in [0.25, 0.3) is 0 Å². The Hall–Kier alpha value is -4.49. The van der Waals surface area contributed by atoms with Crippen molar-refractivity contribution in [2.75, 3.05) is 75.4 Å². The molecule has 0 radical (unpaired) electrons. The van der Waals surface area contributed by atoms with Gasteiger partial charge in [-0.15, -0.1) is 0 Å². The Morgan fingerprint density at radius 3 is 2.69 bits per heavy atom. The van der Waals surface area contributed by atoms with Crippen molar-refractivity contribution in [3.8, 4) is 23.3 Å². The van der Waals surface area contributed by atoms with Crippen LogP contribution >= 0.6 is 11.6 Å². The quantitative estimate of drug-likeness (QED) is 0.216. The number of hydrogen-bond donors (Lipinski definition) is 0. The van der Waals surface area contributed by atoms with Crippen molar-refractivity contribution in [2.24, 2.45) is 0 Å². The van der Waals surface area contributed by atoms with E-state index in [9.17, 15) is 22.9 Å². The third-order valence-corrected chi connectivity index (χ3v) is 13.4. The van der Waals surface area contributed by atoms with Crippen LogP contribution in [0.4, 0.5) is 14.6 Å². The molecule has 0 bridgehead atoms. The Morgan fingerprint density at radius 1 is 1.09 bits per heavy atom. The lowest BCUT2D eigenvalue weighted by molar-refractivity contribution is -0.128. The number of amides is 1. The standard InChI is InChI=1S/C39H41ClF2N8O4S/c40-31-8-2-6-26-5-1-7-29(33(26)31)35-34(42)36-30(22-44-35)37(46-38(45-36)54-25-39-11-4-14-49(39)23-27(41)21-39)48-15-16-50(28(24-48)10-12-43)32(51)9-3-13-47-17-19-55(52,53)20-18-47/h1-3,5-9,22,27-28H,4,10-11,13-21,23-25H2/b9-3+/t27-,28+,39+/m1/s1. The van der Waals surface area contributed by atoms with E-state index in [0.29, 0.717) is 66.3 Å². The van der Waals surface area contributed by atoms with Gasteiger partial charge in [-0.05, 0) is 30.8 Å². The molecule has 0 unspecified atom stereocenters. The fourth-order valence-electron chi connectivity index (χ4n) is 8.60. The summed E-state index contributed by atoms with van der Waals surface area (Å²) in [5.74, 6) is -0.379. The monoisotopic (exact) mass is 790 g/mol. The number of halogens is 3. The summed E-state index contributed by atoms with van der Waals surface area (Å²) in [6.45, 7) is 3.36. The molecule has 16 heteroatoms. The van der Waals surface area contributed by atoms with Crippen molar-refractivity contribution >= 4 is 54.8 Å². The molecule has 4 fully saturated rings. The minimum atomic E-state index is -3.01. The van der Waals surface area contributed by atoms with E-state index in [1.165, 1.54) is 12.3 Å². The summed E-state index contributed by atoms with van der Waals surface area (Å²) in [7, 11) is -3.01. The Bertz CT molecular complexity index is 2310. The fraction of sp³-hybridized carbons (Fsp3) is 0.462. The van der Waals surface area contributed by atoms with Gasteiger partial charge in [-0.2, -0.15) is 15.2 Å². The van der Waals surface area contributed by atoms with E-state index in [1.54, 1.807) is 23.1 Å². The Labute approximate surface area is 323 Å². The van der Waals surface area contributed by atoms with Gasteiger partial charge in [0.05, 0.1) is 41.0 Å². The molecule has 288 valence electrons. The Kier molecular flexibility index (Phi) is 10.4. The number of sulfone groups is 1. The first-order valence-electron chi connectivity index (χ1n) is 18.6. The van der Waals surface area contributed by atoms with Gasteiger partial charge in [-0.1, -0.05) is 48.0 Å². The summed E-state index contributed by atoms with van der Waals surface area (Å²) in [6.07, 6.45) is 5.89. The first-order valence-corrected chi connectivity index (χ1v) is 20.8. The van der Waals surface area contributed by atoms with Crippen molar-refractivity contribution in [2.45, 2.75) is 43.4 Å². The normalized spacial score (nSPS) is 24.5. The number of nitrogens with zero attached hydrogens (tertiary/aromatic N) is 8. The molecule has 2 aromatic heterocycles. The van der Waals surface area contributed by atoms with E-state index < -0.39 is 33.4 Å². The number of nitriles is 1. The number of rotatable bonds is 9. The molecule has 0 saturated carbocycles. The van der Waals surface area contributed by atoms with Crippen molar-refractivity contribution in [1.82, 2.24) is 29.7 Å². The molecule has 4 aliphatic heterocycles. The summed E-state index contributed by atoms with van der Waals surface area (Å²) in [4.78, 5) is 35.1. The highest BCUT2D eigenvalue weighted by Crippen LogP contribution is 2.41. The van der Waals surface area contributed by atoms with E-state index >= 15 is 4.39 Å². The van der Waals surface area contributed by atoms with Gasteiger partial charge in [0.2, 0.25) is 5.91 Å². The van der Waals surface area contributed by atoms with Gasteiger partial charge in [-0.3, -0.25) is 19.6 Å². The number of hydrogen-bond acceptors (Lipinski definition) is 11. The molecule has 3 atom stereocenters. The predicted molar refractivity (Wildman–Crippen MR) is 206 cm³/mol. The molecule has 4 saturated heterocycles. The molecule has 2 aromatic carbocycles. The topological polar surface area (TPSA) is 136 Å². The molecule has 4 aliphatic rings. The second kappa shape index (κ2) is 15.2. The highest BCUT2D eigenvalue weighted by atomic mass is 35.5. The van der Waals surface area contributed by atoms with Crippen LogP contribution in [0, 0.1) is 17.1 Å². The average Bonchev–Trinajstić information content (AvgIpc) is 3.70. The molecular formula is C39H41ClF2N8O4S. The number of alkyl halides is 1. The fourth-order valence-corrected chi connectivity index (χ4v) is 10.2. The third-order valence-electron chi connectivity index (χ3n) is 11.4. The molecule has 4 aromatic rings. The molecule has 8 rings (SSSR count). The van der Waals surface area contributed by atoms with Gasteiger partial charge in [0, 0.05) is 80.5 Å². The van der Waals surface area contributed by atoms with Crippen LogP contribution < -0.4 is 9.64 Å². The van der Waals surface area contributed by atoms with Crippen LogP contribution in [0.1, 0.15) is 25.7 Å². The van der Waals surface area contributed by atoms with Crippen molar-refractivity contribution < 1.29 is 26.7 Å². The number of carbonyl (C=O) groups is 1. The van der Waals surface area contributed by atoms with E-state index in [2.05, 4.69) is 20.9 Å². The van der Waals surface area contributed by atoms with Gasteiger partial charge in [0.15, 0.2) is 15.7 Å². The van der Waals surface area contributed by atoms with Crippen LogP contribution in [0.3, 0.4) is 0 Å². The third kappa shape index (κ3) is 7.45. The van der Waals surface area contributed by atoms with Crippen LogP contribution in [0.5, 0.6) is 6.01 Å². The maximum absolute atomic E-state index is 16.9. The molecule has 0 N–H and O–H groups in total. The van der Waals surface area contributed by atoms with Crippen LogP contribution in [-0.4, -0.2) is 132 Å². The van der Waals surface area contributed by atoms with E-state index in [-0.39, 0.29) is 60.8 Å². The highest BCUT2D eigenvalue weighted by molar-refractivity contribution is 7.91. The van der Waals surface area contributed by atoms with Crippen molar-refractivity contribution in [3.63, 3.8) is 0 Å². The first kappa shape index (κ1) is 37.4. The minimum absolute atomic E-state index is 0.00610. The Balaban J connectivity index is 1.11. The molecular weight excluding hydrogens is 750 g/mol. The van der Waals surface area contributed by atoms with Crippen molar-refractivity contribution in [1.29, 1.82) is 5.26 Å². The number of pyridine rings is 1. The maximum Gasteiger partial charge on any atom is 0.319 e.